The number of aliphatic imine (C=N–C) groups is 1. The molecule has 1 aliphatic rings. The van der Waals surface area contributed by atoms with Gasteiger partial charge in [0, 0.05) is 0 Å². The Kier molecular flexibility index (Phi) is 5.01. The second-order valence-electron chi connectivity index (χ2n) is 5.27. The van der Waals surface area contributed by atoms with Gasteiger partial charge in [-0.1, -0.05) is 24.3 Å². The van der Waals surface area contributed by atoms with Gasteiger partial charge in [-0.05, 0) is 67.1 Å². The summed E-state index contributed by atoms with van der Waals surface area (Å²) in [6.07, 6.45) is 1.90. The van der Waals surface area contributed by atoms with E-state index in [1.165, 1.54) is 11.8 Å². The van der Waals surface area contributed by atoms with Crippen LogP contribution in [0.2, 0.25) is 0 Å². The summed E-state index contributed by atoms with van der Waals surface area (Å²) in [6.45, 7) is 4.60. The normalized spacial score (nSPS) is 17.3. The average Bonchev–Trinajstić information content (AvgIpc) is 2.91. The number of thioether (sulfide) groups is 1. The molecule has 24 heavy (non-hydrogen) atoms. The minimum atomic E-state index is -0.118. The second-order valence-corrected chi connectivity index (χ2v) is 6.30. The number of nitrogens with zero attached hydrogens (tertiary/aromatic N) is 1. The summed E-state index contributed by atoms with van der Waals surface area (Å²) in [5.41, 5.74) is 2.95. The maximum absolute atomic E-state index is 12.1. The van der Waals surface area contributed by atoms with E-state index in [4.69, 9.17) is 4.74 Å². The van der Waals surface area contributed by atoms with Gasteiger partial charge < -0.3 is 10.1 Å². The van der Waals surface area contributed by atoms with E-state index in [0.29, 0.717) is 16.7 Å². The number of nitrogens with one attached hydrogen (secondary N) is 1. The second kappa shape index (κ2) is 7.36. The quantitative estimate of drug-likeness (QED) is 0.846. The molecule has 0 radical (unpaired) electrons. The van der Waals surface area contributed by atoms with Crippen LogP contribution in [0.25, 0.3) is 6.08 Å². The van der Waals surface area contributed by atoms with Crippen LogP contribution in [0.5, 0.6) is 5.75 Å². The zero-order valence-electron chi connectivity index (χ0n) is 13.6. The van der Waals surface area contributed by atoms with E-state index in [2.05, 4.69) is 10.3 Å². The highest BCUT2D eigenvalue weighted by Gasteiger charge is 2.23. The van der Waals surface area contributed by atoms with Gasteiger partial charge in [0.1, 0.15) is 5.75 Å². The van der Waals surface area contributed by atoms with Gasteiger partial charge in [-0.15, -0.1) is 0 Å². The van der Waals surface area contributed by atoms with Crippen LogP contribution in [0.3, 0.4) is 0 Å². The van der Waals surface area contributed by atoms with Crippen molar-refractivity contribution in [1.29, 1.82) is 0 Å². The standard InChI is InChI=1S/C19H18N2O2S/c1-3-23-16-10-8-15(9-11-16)20-19-21-18(22)17(24-19)12-14-7-5-4-6-13(14)2/h4-12H,3H2,1-2H3,(H,20,21,22)/b17-12-. The third-order valence-corrected chi connectivity index (χ3v) is 4.41. The number of carbonyl (C=O) groups is 1. The number of aryl methyl sites for hydroxylation is 1. The van der Waals surface area contributed by atoms with Crippen molar-refractivity contribution in [1.82, 2.24) is 5.32 Å². The third kappa shape index (κ3) is 3.86. The summed E-state index contributed by atoms with van der Waals surface area (Å²) >= 11 is 1.35. The van der Waals surface area contributed by atoms with Crippen LogP contribution >= 0.6 is 11.8 Å². The van der Waals surface area contributed by atoms with Gasteiger partial charge in [0.05, 0.1) is 17.2 Å². The number of benzene rings is 2. The van der Waals surface area contributed by atoms with E-state index in [1.54, 1.807) is 0 Å². The van der Waals surface area contributed by atoms with Gasteiger partial charge in [-0.3, -0.25) is 4.79 Å². The molecular formula is C19H18N2O2S. The van der Waals surface area contributed by atoms with Crippen LogP contribution in [-0.4, -0.2) is 17.7 Å². The highest BCUT2D eigenvalue weighted by molar-refractivity contribution is 8.18. The Morgan fingerprint density at radius 1 is 1.17 bits per heavy atom. The van der Waals surface area contributed by atoms with Crippen LogP contribution in [0.1, 0.15) is 18.1 Å². The molecule has 3 rings (SSSR count). The average molecular weight is 338 g/mol. The lowest BCUT2D eigenvalue weighted by Crippen LogP contribution is -2.19. The molecule has 122 valence electrons. The van der Waals surface area contributed by atoms with Crippen molar-refractivity contribution in [3.63, 3.8) is 0 Å². The molecule has 0 saturated carbocycles. The van der Waals surface area contributed by atoms with Crippen molar-refractivity contribution in [3.8, 4) is 5.75 Å². The SMILES string of the molecule is CCOc1ccc(N=C2NC(=O)/C(=C/c3ccccc3C)S2)cc1. The number of amidine groups is 1. The van der Waals surface area contributed by atoms with Crippen molar-refractivity contribution in [3.05, 3.63) is 64.6 Å². The fraction of sp³-hybridized carbons (Fsp3) is 0.158. The first kappa shape index (κ1) is 16.3. The Hall–Kier alpha value is -2.53. The molecule has 0 bridgehead atoms. The van der Waals surface area contributed by atoms with Gasteiger partial charge in [0.25, 0.3) is 5.91 Å². The molecule has 1 N–H and O–H groups in total. The number of ether oxygens (including phenoxy) is 1. The van der Waals surface area contributed by atoms with E-state index in [9.17, 15) is 4.79 Å². The molecule has 2 aromatic rings. The lowest BCUT2D eigenvalue weighted by Gasteiger charge is -2.02. The Morgan fingerprint density at radius 2 is 1.92 bits per heavy atom. The fourth-order valence-corrected chi connectivity index (χ4v) is 3.10. The predicted octanol–water partition coefficient (Wildman–Crippen LogP) is 4.29. The first-order valence-corrected chi connectivity index (χ1v) is 8.55. The van der Waals surface area contributed by atoms with Crippen LogP contribution in [-0.2, 0) is 4.79 Å². The van der Waals surface area contributed by atoms with E-state index in [0.717, 1.165) is 22.6 Å². The summed E-state index contributed by atoms with van der Waals surface area (Å²) in [6, 6.07) is 15.4. The van der Waals surface area contributed by atoms with Crippen molar-refractivity contribution >= 4 is 34.6 Å². The fourth-order valence-electron chi connectivity index (χ4n) is 2.27. The van der Waals surface area contributed by atoms with Gasteiger partial charge in [-0.25, -0.2) is 4.99 Å². The Balaban J connectivity index is 1.78. The smallest absolute Gasteiger partial charge is 0.264 e. The lowest BCUT2D eigenvalue weighted by molar-refractivity contribution is -0.115. The molecule has 0 aromatic heterocycles. The number of hydrogen-bond donors (Lipinski definition) is 1. The van der Waals surface area contributed by atoms with Crippen LogP contribution in [0.15, 0.2) is 58.4 Å². The summed E-state index contributed by atoms with van der Waals surface area (Å²) in [7, 11) is 0. The maximum atomic E-state index is 12.1. The molecule has 0 atom stereocenters. The van der Waals surface area contributed by atoms with Crippen molar-refractivity contribution in [2.75, 3.05) is 6.61 Å². The largest absolute Gasteiger partial charge is 0.494 e. The molecule has 1 amide bonds. The monoisotopic (exact) mass is 338 g/mol. The summed E-state index contributed by atoms with van der Waals surface area (Å²) in [5, 5.41) is 3.39. The highest BCUT2D eigenvalue weighted by atomic mass is 32.2. The molecule has 2 aromatic carbocycles. The van der Waals surface area contributed by atoms with Crippen LogP contribution in [0, 0.1) is 6.92 Å². The van der Waals surface area contributed by atoms with E-state index in [1.807, 2.05) is 68.5 Å². The van der Waals surface area contributed by atoms with E-state index >= 15 is 0 Å². The highest BCUT2D eigenvalue weighted by Crippen LogP contribution is 2.29. The Morgan fingerprint density at radius 3 is 2.62 bits per heavy atom. The van der Waals surface area contributed by atoms with E-state index < -0.39 is 0 Å². The molecule has 1 heterocycles. The molecule has 1 aliphatic heterocycles. The molecule has 4 nitrogen and oxygen atoms in total. The molecule has 0 unspecified atom stereocenters. The Bertz CT molecular complexity index is 810. The van der Waals surface area contributed by atoms with Crippen LogP contribution < -0.4 is 10.1 Å². The van der Waals surface area contributed by atoms with Crippen molar-refractivity contribution < 1.29 is 9.53 Å². The van der Waals surface area contributed by atoms with Gasteiger partial charge >= 0.3 is 0 Å². The molecule has 0 aliphatic carbocycles. The molecule has 1 saturated heterocycles. The third-order valence-electron chi connectivity index (χ3n) is 3.50. The van der Waals surface area contributed by atoms with E-state index in [-0.39, 0.29) is 5.91 Å². The zero-order chi connectivity index (χ0) is 16.9. The van der Waals surface area contributed by atoms with Gasteiger partial charge in [0.15, 0.2) is 5.17 Å². The maximum Gasteiger partial charge on any atom is 0.264 e. The summed E-state index contributed by atoms with van der Waals surface area (Å²) < 4.78 is 5.41. The number of carbonyl (C=O) groups excluding carboxylic acids is 1. The molecule has 1 fully saturated rings. The minimum absolute atomic E-state index is 0.118. The number of rotatable bonds is 4. The van der Waals surface area contributed by atoms with Gasteiger partial charge in [-0.2, -0.15) is 0 Å². The first-order chi connectivity index (χ1) is 11.7. The molecule has 5 heteroatoms. The minimum Gasteiger partial charge on any atom is -0.494 e. The number of amides is 1. The van der Waals surface area contributed by atoms with Crippen molar-refractivity contribution in [2.45, 2.75) is 13.8 Å². The summed E-state index contributed by atoms with van der Waals surface area (Å²) in [4.78, 5) is 17.3. The lowest BCUT2D eigenvalue weighted by atomic mass is 10.1. The first-order valence-electron chi connectivity index (χ1n) is 7.74. The zero-order valence-corrected chi connectivity index (χ0v) is 14.4. The van der Waals surface area contributed by atoms with Crippen molar-refractivity contribution in [2.24, 2.45) is 4.99 Å². The number of hydrogen-bond acceptors (Lipinski definition) is 4. The topological polar surface area (TPSA) is 50.7 Å². The predicted molar refractivity (Wildman–Crippen MR) is 99.6 cm³/mol. The molecular weight excluding hydrogens is 320 g/mol. The van der Waals surface area contributed by atoms with Crippen LogP contribution in [0.4, 0.5) is 5.69 Å². The Labute approximate surface area is 145 Å². The molecule has 0 spiro atoms. The van der Waals surface area contributed by atoms with Gasteiger partial charge in [0.2, 0.25) is 0 Å². The summed E-state index contributed by atoms with van der Waals surface area (Å²) in [5.74, 6) is 0.692.